The molecule has 0 aliphatic carbocycles. The Balaban J connectivity index is 1.70. The number of allylic oxidation sites excluding steroid dienone is 1. The van der Waals surface area contributed by atoms with Crippen molar-refractivity contribution in [3.05, 3.63) is 72.3 Å². The minimum absolute atomic E-state index is 0.0713. The molecule has 0 spiro atoms. The number of nitrogens with zero attached hydrogens (tertiary/aromatic N) is 3. The van der Waals surface area contributed by atoms with Crippen LogP contribution in [0.4, 0.5) is 5.69 Å². The zero-order valence-corrected chi connectivity index (χ0v) is 19.3. The Kier molecular flexibility index (Phi) is 7.15. The number of carbonyl (C=O) groups is 2. The van der Waals surface area contributed by atoms with Gasteiger partial charge in [0.1, 0.15) is 0 Å². The number of carbonyl (C=O) groups excluding carboxylic acids is 2. The third-order valence-electron chi connectivity index (χ3n) is 4.82. The Morgan fingerprint density at radius 2 is 1.75 bits per heavy atom. The Labute approximate surface area is 192 Å². The van der Waals surface area contributed by atoms with E-state index < -0.39 is 5.91 Å². The number of anilines is 1. The summed E-state index contributed by atoms with van der Waals surface area (Å²) in [6.45, 7) is 10.9. The predicted octanol–water partition coefficient (Wildman–Crippen LogP) is 4.26. The monoisotopic (exact) mass is 449 g/mol. The van der Waals surface area contributed by atoms with Crippen molar-refractivity contribution < 1.29 is 9.59 Å². The molecule has 32 heavy (non-hydrogen) atoms. The van der Waals surface area contributed by atoms with E-state index >= 15 is 0 Å². The van der Waals surface area contributed by atoms with Crippen LogP contribution in [0, 0.1) is 0 Å². The summed E-state index contributed by atoms with van der Waals surface area (Å²) in [7, 11) is 0. The lowest BCUT2D eigenvalue weighted by molar-refractivity contribution is -0.113. The van der Waals surface area contributed by atoms with Gasteiger partial charge in [-0.25, -0.2) is 0 Å². The van der Waals surface area contributed by atoms with Gasteiger partial charge < -0.3 is 11.1 Å². The number of aromatic nitrogens is 3. The molecule has 3 rings (SSSR count). The molecule has 3 aromatic rings. The highest BCUT2D eigenvalue weighted by molar-refractivity contribution is 7.99. The first-order valence-corrected chi connectivity index (χ1v) is 11.1. The van der Waals surface area contributed by atoms with Crippen LogP contribution < -0.4 is 11.1 Å². The second kappa shape index (κ2) is 9.82. The summed E-state index contributed by atoms with van der Waals surface area (Å²) >= 11 is 1.30. The highest BCUT2D eigenvalue weighted by atomic mass is 32.2. The minimum atomic E-state index is -0.510. The quantitative estimate of drug-likeness (QED) is 0.395. The van der Waals surface area contributed by atoms with Crippen molar-refractivity contribution in [3.63, 3.8) is 0 Å². The Morgan fingerprint density at radius 1 is 1.09 bits per heavy atom. The van der Waals surface area contributed by atoms with Crippen LogP contribution in [0.2, 0.25) is 0 Å². The third kappa shape index (κ3) is 5.64. The molecule has 2 aromatic carbocycles. The standard InChI is InChI=1S/C24H27N5O2S/c1-5-14-29-22(17-6-10-18(11-7-17)24(2,3)4)27-28-23(29)32-15-20(30)26-19-12-8-16(9-13-19)21(25)31/h5-13H,1,14-15H2,2-4H3,(H2,25,31)(H,26,30). The lowest BCUT2D eigenvalue weighted by atomic mass is 9.87. The number of benzene rings is 2. The number of nitrogens with one attached hydrogen (secondary N) is 1. The van der Waals surface area contributed by atoms with E-state index in [0.717, 1.165) is 11.4 Å². The van der Waals surface area contributed by atoms with Crippen LogP contribution in [0.5, 0.6) is 0 Å². The summed E-state index contributed by atoms with van der Waals surface area (Å²) in [6.07, 6.45) is 1.78. The van der Waals surface area contributed by atoms with E-state index in [1.54, 1.807) is 30.3 Å². The maximum Gasteiger partial charge on any atom is 0.248 e. The average Bonchev–Trinajstić information content (AvgIpc) is 3.15. The van der Waals surface area contributed by atoms with Crippen molar-refractivity contribution in [3.8, 4) is 11.4 Å². The summed E-state index contributed by atoms with van der Waals surface area (Å²) < 4.78 is 1.94. The molecule has 0 saturated carbocycles. The van der Waals surface area contributed by atoms with Gasteiger partial charge in [-0.05, 0) is 35.2 Å². The van der Waals surface area contributed by atoms with E-state index in [0.29, 0.717) is 23.0 Å². The molecular weight excluding hydrogens is 422 g/mol. The molecule has 8 heteroatoms. The lowest BCUT2D eigenvalue weighted by Crippen LogP contribution is -2.15. The van der Waals surface area contributed by atoms with E-state index in [1.165, 1.54) is 17.3 Å². The maximum atomic E-state index is 12.4. The van der Waals surface area contributed by atoms with Crippen molar-refractivity contribution in [2.45, 2.75) is 37.9 Å². The number of rotatable bonds is 8. The van der Waals surface area contributed by atoms with E-state index in [2.05, 4.69) is 55.0 Å². The highest BCUT2D eigenvalue weighted by Crippen LogP contribution is 2.28. The fraction of sp³-hybridized carbons (Fsp3) is 0.250. The largest absolute Gasteiger partial charge is 0.366 e. The van der Waals surface area contributed by atoms with Gasteiger partial charge in [-0.1, -0.05) is 62.9 Å². The van der Waals surface area contributed by atoms with Crippen LogP contribution in [-0.2, 0) is 16.8 Å². The second-order valence-corrected chi connectivity index (χ2v) is 9.25. The van der Waals surface area contributed by atoms with Crippen molar-refractivity contribution >= 4 is 29.3 Å². The van der Waals surface area contributed by atoms with E-state index in [9.17, 15) is 9.59 Å². The summed E-state index contributed by atoms with van der Waals surface area (Å²) in [5, 5.41) is 12.1. The summed E-state index contributed by atoms with van der Waals surface area (Å²) in [4.78, 5) is 23.5. The first kappa shape index (κ1) is 23.3. The summed E-state index contributed by atoms with van der Waals surface area (Å²) in [5.74, 6) is 0.195. The van der Waals surface area contributed by atoms with Gasteiger partial charge in [0, 0.05) is 23.4 Å². The molecule has 0 saturated heterocycles. The molecule has 1 aromatic heterocycles. The number of hydrogen-bond acceptors (Lipinski definition) is 5. The summed E-state index contributed by atoms with van der Waals surface area (Å²) in [5.41, 5.74) is 8.48. The molecule has 1 heterocycles. The van der Waals surface area contributed by atoms with E-state index in [-0.39, 0.29) is 17.1 Å². The number of primary amides is 1. The highest BCUT2D eigenvalue weighted by Gasteiger charge is 2.17. The maximum absolute atomic E-state index is 12.4. The van der Waals surface area contributed by atoms with Gasteiger partial charge in [0.25, 0.3) is 0 Å². The van der Waals surface area contributed by atoms with E-state index in [4.69, 9.17) is 5.73 Å². The Bertz CT molecular complexity index is 1110. The number of amides is 2. The summed E-state index contributed by atoms with van der Waals surface area (Å²) in [6, 6.07) is 14.7. The smallest absolute Gasteiger partial charge is 0.248 e. The van der Waals surface area contributed by atoms with Gasteiger partial charge in [0.15, 0.2) is 11.0 Å². The van der Waals surface area contributed by atoms with Gasteiger partial charge in [-0.3, -0.25) is 14.2 Å². The Morgan fingerprint density at radius 3 is 2.31 bits per heavy atom. The van der Waals surface area contributed by atoms with Gasteiger partial charge >= 0.3 is 0 Å². The average molecular weight is 450 g/mol. The van der Waals surface area contributed by atoms with Gasteiger partial charge in [-0.15, -0.1) is 16.8 Å². The molecule has 3 N–H and O–H groups in total. The zero-order chi connectivity index (χ0) is 23.3. The van der Waals surface area contributed by atoms with Gasteiger partial charge in [-0.2, -0.15) is 0 Å². The molecule has 0 bridgehead atoms. The van der Waals surface area contributed by atoms with Crippen molar-refractivity contribution in [1.29, 1.82) is 0 Å². The van der Waals surface area contributed by atoms with Crippen molar-refractivity contribution in [2.24, 2.45) is 5.73 Å². The molecule has 0 radical (unpaired) electrons. The van der Waals surface area contributed by atoms with Crippen LogP contribution in [0.25, 0.3) is 11.4 Å². The molecule has 0 aliphatic rings. The van der Waals surface area contributed by atoms with Crippen LogP contribution >= 0.6 is 11.8 Å². The number of thioether (sulfide) groups is 1. The number of nitrogens with two attached hydrogens (primary N) is 1. The molecule has 0 atom stereocenters. The first-order chi connectivity index (χ1) is 15.2. The van der Waals surface area contributed by atoms with Crippen molar-refractivity contribution in [1.82, 2.24) is 14.8 Å². The molecule has 0 unspecified atom stereocenters. The van der Waals surface area contributed by atoms with Crippen molar-refractivity contribution in [2.75, 3.05) is 11.1 Å². The first-order valence-electron chi connectivity index (χ1n) is 10.2. The molecule has 7 nitrogen and oxygen atoms in total. The fourth-order valence-electron chi connectivity index (χ4n) is 3.07. The van der Waals surface area contributed by atoms with Crippen LogP contribution in [-0.4, -0.2) is 32.3 Å². The van der Waals surface area contributed by atoms with Crippen LogP contribution in [0.3, 0.4) is 0 Å². The van der Waals surface area contributed by atoms with E-state index in [1.807, 2.05) is 16.7 Å². The zero-order valence-electron chi connectivity index (χ0n) is 18.5. The molecule has 166 valence electrons. The van der Waals surface area contributed by atoms with Gasteiger partial charge in [0.05, 0.1) is 5.75 Å². The van der Waals surface area contributed by atoms with Crippen LogP contribution in [0.15, 0.2) is 66.3 Å². The SMILES string of the molecule is C=CCn1c(SCC(=O)Nc2ccc(C(N)=O)cc2)nnc1-c1ccc(C(C)(C)C)cc1. The third-order valence-corrected chi connectivity index (χ3v) is 5.79. The fourth-order valence-corrected chi connectivity index (χ4v) is 3.81. The molecule has 2 amide bonds. The second-order valence-electron chi connectivity index (χ2n) is 8.31. The van der Waals surface area contributed by atoms with Crippen LogP contribution in [0.1, 0.15) is 36.7 Å². The topological polar surface area (TPSA) is 103 Å². The Hall–Kier alpha value is -3.39. The number of hydrogen-bond donors (Lipinski definition) is 2. The van der Waals surface area contributed by atoms with Gasteiger partial charge in [0.2, 0.25) is 11.8 Å². The predicted molar refractivity (Wildman–Crippen MR) is 129 cm³/mol. The normalized spacial score (nSPS) is 11.2. The lowest BCUT2D eigenvalue weighted by Gasteiger charge is -2.19. The molecule has 0 fully saturated rings. The molecular formula is C24H27N5O2S. The molecule has 0 aliphatic heterocycles. The minimum Gasteiger partial charge on any atom is -0.366 e.